The SMILES string of the molecule is C[C@H](N)c1cncn1C1CCc2ccccc2C1. The molecule has 1 aromatic carbocycles. The van der Waals surface area contributed by atoms with E-state index in [4.69, 9.17) is 5.73 Å². The summed E-state index contributed by atoms with van der Waals surface area (Å²) in [5.74, 6) is 0. The van der Waals surface area contributed by atoms with Crippen molar-refractivity contribution in [1.82, 2.24) is 9.55 Å². The molecule has 0 amide bonds. The van der Waals surface area contributed by atoms with Crippen molar-refractivity contribution in [2.75, 3.05) is 0 Å². The number of imidazole rings is 1. The van der Waals surface area contributed by atoms with E-state index in [1.165, 1.54) is 17.5 Å². The molecule has 94 valence electrons. The Morgan fingerprint density at radius 3 is 2.89 bits per heavy atom. The molecule has 2 aromatic rings. The van der Waals surface area contributed by atoms with E-state index in [0.29, 0.717) is 6.04 Å². The van der Waals surface area contributed by atoms with Gasteiger partial charge in [0, 0.05) is 18.3 Å². The molecular formula is C15H19N3. The number of nitrogens with zero attached hydrogens (tertiary/aromatic N) is 2. The first-order chi connectivity index (χ1) is 8.75. The smallest absolute Gasteiger partial charge is 0.0951 e. The predicted octanol–water partition coefficient (Wildman–Crippen LogP) is 2.63. The first-order valence-corrected chi connectivity index (χ1v) is 6.60. The van der Waals surface area contributed by atoms with Crippen LogP contribution in [-0.4, -0.2) is 9.55 Å². The maximum Gasteiger partial charge on any atom is 0.0951 e. The van der Waals surface area contributed by atoms with E-state index in [9.17, 15) is 0 Å². The number of benzene rings is 1. The Morgan fingerprint density at radius 2 is 2.11 bits per heavy atom. The highest BCUT2D eigenvalue weighted by molar-refractivity contribution is 5.30. The number of aromatic nitrogens is 2. The highest BCUT2D eigenvalue weighted by Crippen LogP contribution is 2.30. The van der Waals surface area contributed by atoms with Crippen LogP contribution in [0.4, 0.5) is 0 Å². The number of hydrogen-bond donors (Lipinski definition) is 1. The van der Waals surface area contributed by atoms with Crippen molar-refractivity contribution in [1.29, 1.82) is 0 Å². The van der Waals surface area contributed by atoms with Gasteiger partial charge in [-0.05, 0) is 37.3 Å². The summed E-state index contributed by atoms with van der Waals surface area (Å²) in [6, 6.07) is 9.29. The van der Waals surface area contributed by atoms with Gasteiger partial charge in [-0.3, -0.25) is 0 Å². The second-order valence-corrected chi connectivity index (χ2v) is 5.18. The minimum atomic E-state index is 0.0460. The van der Waals surface area contributed by atoms with Crippen LogP contribution in [0.1, 0.15) is 42.2 Å². The molecular weight excluding hydrogens is 222 g/mol. The van der Waals surface area contributed by atoms with E-state index in [1.807, 2.05) is 19.4 Å². The van der Waals surface area contributed by atoms with Gasteiger partial charge in [-0.1, -0.05) is 24.3 Å². The third kappa shape index (κ3) is 1.95. The normalized spacial score (nSPS) is 20.4. The van der Waals surface area contributed by atoms with Crippen LogP contribution < -0.4 is 5.73 Å². The number of aryl methyl sites for hydroxylation is 1. The van der Waals surface area contributed by atoms with Gasteiger partial charge in [0.05, 0.1) is 12.0 Å². The van der Waals surface area contributed by atoms with Crippen molar-refractivity contribution in [3.05, 3.63) is 53.6 Å². The van der Waals surface area contributed by atoms with Gasteiger partial charge in [0.15, 0.2) is 0 Å². The van der Waals surface area contributed by atoms with Crippen LogP contribution in [0.3, 0.4) is 0 Å². The highest BCUT2D eigenvalue weighted by Gasteiger charge is 2.21. The van der Waals surface area contributed by atoms with Gasteiger partial charge in [0.25, 0.3) is 0 Å². The van der Waals surface area contributed by atoms with Gasteiger partial charge in [0.2, 0.25) is 0 Å². The summed E-state index contributed by atoms with van der Waals surface area (Å²) in [6.07, 6.45) is 7.24. The molecule has 1 heterocycles. The van der Waals surface area contributed by atoms with Crippen molar-refractivity contribution in [2.24, 2.45) is 5.73 Å². The molecule has 1 aliphatic carbocycles. The topological polar surface area (TPSA) is 43.8 Å². The van der Waals surface area contributed by atoms with Gasteiger partial charge in [0.1, 0.15) is 0 Å². The summed E-state index contributed by atoms with van der Waals surface area (Å²) in [6.45, 7) is 2.02. The fraction of sp³-hybridized carbons (Fsp3) is 0.400. The van der Waals surface area contributed by atoms with Gasteiger partial charge >= 0.3 is 0 Å². The molecule has 2 atom stereocenters. The molecule has 1 aliphatic rings. The number of fused-ring (bicyclic) bond motifs is 1. The Kier molecular flexibility index (Phi) is 2.92. The number of rotatable bonds is 2. The standard InChI is InChI=1S/C15H19N3/c1-11(16)15-9-17-10-18(15)14-7-6-12-4-2-3-5-13(12)8-14/h2-5,9-11,14H,6-8,16H2,1H3/t11-,14?/m0/s1. The fourth-order valence-corrected chi connectivity index (χ4v) is 2.89. The lowest BCUT2D eigenvalue weighted by molar-refractivity contribution is 0.424. The monoisotopic (exact) mass is 241 g/mol. The Balaban J connectivity index is 1.90. The summed E-state index contributed by atoms with van der Waals surface area (Å²) in [7, 11) is 0. The van der Waals surface area contributed by atoms with E-state index < -0.39 is 0 Å². The van der Waals surface area contributed by atoms with Crippen molar-refractivity contribution >= 4 is 0 Å². The van der Waals surface area contributed by atoms with E-state index in [0.717, 1.165) is 18.5 Å². The maximum absolute atomic E-state index is 6.00. The zero-order valence-corrected chi connectivity index (χ0v) is 10.7. The second kappa shape index (κ2) is 4.58. The zero-order chi connectivity index (χ0) is 12.5. The first-order valence-electron chi connectivity index (χ1n) is 6.60. The quantitative estimate of drug-likeness (QED) is 0.878. The molecule has 0 bridgehead atoms. The average Bonchev–Trinajstić information content (AvgIpc) is 2.87. The third-order valence-electron chi connectivity index (χ3n) is 3.88. The van der Waals surface area contributed by atoms with Crippen LogP contribution in [0, 0.1) is 0 Å². The van der Waals surface area contributed by atoms with Crippen molar-refractivity contribution < 1.29 is 0 Å². The maximum atomic E-state index is 6.00. The Labute approximate surface area is 108 Å². The molecule has 0 radical (unpaired) electrons. The molecule has 0 spiro atoms. The molecule has 0 aliphatic heterocycles. The van der Waals surface area contributed by atoms with Crippen LogP contribution >= 0.6 is 0 Å². The zero-order valence-electron chi connectivity index (χ0n) is 10.7. The van der Waals surface area contributed by atoms with Crippen LogP contribution in [0.15, 0.2) is 36.8 Å². The summed E-state index contributed by atoms with van der Waals surface area (Å²) in [5, 5.41) is 0. The first kappa shape index (κ1) is 11.5. The van der Waals surface area contributed by atoms with Crippen LogP contribution in [0.5, 0.6) is 0 Å². The second-order valence-electron chi connectivity index (χ2n) is 5.18. The van der Waals surface area contributed by atoms with Gasteiger partial charge in [-0.15, -0.1) is 0 Å². The molecule has 0 fully saturated rings. The lowest BCUT2D eigenvalue weighted by atomic mass is 9.88. The largest absolute Gasteiger partial charge is 0.330 e. The number of hydrogen-bond acceptors (Lipinski definition) is 2. The van der Waals surface area contributed by atoms with Crippen LogP contribution in [0.25, 0.3) is 0 Å². The lowest BCUT2D eigenvalue weighted by Crippen LogP contribution is -2.22. The van der Waals surface area contributed by atoms with Gasteiger partial charge in [-0.25, -0.2) is 4.98 Å². The average molecular weight is 241 g/mol. The lowest BCUT2D eigenvalue weighted by Gasteiger charge is -2.27. The van der Waals surface area contributed by atoms with E-state index in [1.54, 1.807) is 0 Å². The fourth-order valence-electron chi connectivity index (χ4n) is 2.89. The molecule has 0 saturated carbocycles. The molecule has 3 heteroatoms. The summed E-state index contributed by atoms with van der Waals surface area (Å²) in [5.41, 5.74) is 10.1. The predicted molar refractivity (Wildman–Crippen MR) is 72.3 cm³/mol. The third-order valence-corrected chi connectivity index (χ3v) is 3.88. The highest BCUT2D eigenvalue weighted by atomic mass is 15.1. The Bertz CT molecular complexity index is 542. The Morgan fingerprint density at radius 1 is 1.33 bits per heavy atom. The summed E-state index contributed by atoms with van der Waals surface area (Å²) in [4.78, 5) is 4.26. The van der Waals surface area contributed by atoms with Gasteiger partial charge < -0.3 is 10.3 Å². The van der Waals surface area contributed by atoms with Crippen molar-refractivity contribution in [2.45, 2.75) is 38.3 Å². The summed E-state index contributed by atoms with van der Waals surface area (Å²) >= 11 is 0. The minimum absolute atomic E-state index is 0.0460. The molecule has 2 N–H and O–H groups in total. The molecule has 3 rings (SSSR count). The van der Waals surface area contributed by atoms with Crippen LogP contribution in [0.2, 0.25) is 0 Å². The van der Waals surface area contributed by atoms with Gasteiger partial charge in [-0.2, -0.15) is 0 Å². The molecule has 1 aromatic heterocycles. The molecule has 3 nitrogen and oxygen atoms in total. The van der Waals surface area contributed by atoms with Crippen LogP contribution in [-0.2, 0) is 12.8 Å². The van der Waals surface area contributed by atoms with E-state index in [2.05, 4.69) is 33.8 Å². The molecule has 1 unspecified atom stereocenters. The van der Waals surface area contributed by atoms with Crippen molar-refractivity contribution in [3.63, 3.8) is 0 Å². The number of nitrogens with two attached hydrogens (primary N) is 1. The molecule has 0 saturated heterocycles. The Hall–Kier alpha value is -1.61. The summed E-state index contributed by atoms with van der Waals surface area (Å²) < 4.78 is 2.26. The van der Waals surface area contributed by atoms with E-state index >= 15 is 0 Å². The molecule has 18 heavy (non-hydrogen) atoms. The van der Waals surface area contributed by atoms with E-state index in [-0.39, 0.29) is 6.04 Å². The van der Waals surface area contributed by atoms with Crippen molar-refractivity contribution in [3.8, 4) is 0 Å². The minimum Gasteiger partial charge on any atom is -0.330 e.